The fourth-order valence-electron chi connectivity index (χ4n) is 2.84. The molecule has 4 nitrogen and oxygen atoms in total. The highest BCUT2D eigenvalue weighted by molar-refractivity contribution is 6.04. The van der Waals surface area contributed by atoms with Crippen LogP contribution in [0, 0.1) is 6.92 Å². The lowest BCUT2D eigenvalue weighted by Crippen LogP contribution is -2.13. The predicted octanol–water partition coefficient (Wildman–Crippen LogP) is 4.62. The van der Waals surface area contributed by atoms with Gasteiger partial charge in [0, 0.05) is 30.2 Å². The van der Waals surface area contributed by atoms with Gasteiger partial charge in [-0.3, -0.25) is 4.79 Å². The molecular weight excluding hydrogens is 310 g/mol. The van der Waals surface area contributed by atoms with Crippen molar-refractivity contribution in [2.75, 3.05) is 5.32 Å². The van der Waals surface area contributed by atoms with Crippen LogP contribution in [0.2, 0.25) is 0 Å². The summed E-state index contributed by atoms with van der Waals surface area (Å²) >= 11 is 0. The maximum atomic E-state index is 12.5. The van der Waals surface area contributed by atoms with Crippen LogP contribution in [0.3, 0.4) is 0 Å². The van der Waals surface area contributed by atoms with Gasteiger partial charge < -0.3 is 9.88 Å². The van der Waals surface area contributed by atoms with Crippen LogP contribution in [0.25, 0.3) is 0 Å². The van der Waals surface area contributed by atoms with Crippen molar-refractivity contribution >= 4 is 11.6 Å². The summed E-state index contributed by atoms with van der Waals surface area (Å²) in [7, 11) is 0. The lowest BCUT2D eigenvalue weighted by atomic mass is 10.0. The summed E-state index contributed by atoms with van der Waals surface area (Å²) in [4.78, 5) is 16.8. The normalized spacial score (nSPS) is 10.9. The number of hydrogen-bond donors (Lipinski definition) is 1. The molecule has 2 aromatic carbocycles. The van der Waals surface area contributed by atoms with Gasteiger partial charge in [0.05, 0.1) is 0 Å². The van der Waals surface area contributed by atoms with E-state index in [-0.39, 0.29) is 5.91 Å². The Labute approximate surface area is 148 Å². The minimum Gasteiger partial charge on any atom is -0.331 e. The third-order valence-electron chi connectivity index (χ3n) is 4.32. The number of rotatable bonds is 5. The Morgan fingerprint density at radius 1 is 1.12 bits per heavy atom. The molecule has 0 saturated heterocycles. The van der Waals surface area contributed by atoms with Crippen molar-refractivity contribution in [3.63, 3.8) is 0 Å². The van der Waals surface area contributed by atoms with Crippen molar-refractivity contribution < 1.29 is 4.79 Å². The highest BCUT2D eigenvalue weighted by atomic mass is 16.1. The number of amides is 1. The number of aryl methyl sites for hydroxylation is 1. The molecule has 0 aliphatic carbocycles. The fourth-order valence-corrected chi connectivity index (χ4v) is 2.84. The molecule has 0 unspecified atom stereocenters. The first-order valence-electron chi connectivity index (χ1n) is 8.51. The third-order valence-corrected chi connectivity index (χ3v) is 4.32. The van der Waals surface area contributed by atoms with Gasteiger partial charge in [0.25, 0.3) is 5.91 Å². The SMILES string of the molecule is Cc1nccn1Cc1ccc(C(=O)Nc2ccccc2C(C)C)cc1. The summed E-state index contributed by atoms with van der Waals surface area (Å²) in [6, 6.07) is 15.7. The van der Waals surface area contributed by atoms with Crippen molar-refractivity contribution in [3.8, 4) is 0 Å². The van der Waals surface area contributed by atoms with Crippen LogP contribution in [0.4, 0.5) is 5.69 Å². The molecule has 25 heavy (non-hydrogen) atoms. The first kappa shape index (κ1) is 17.0. The van der Waals surface area contributed by atoms with E-state index in [1.54, 1.807) is 6.20 Å². The molecule has 1 N–H and O–H groups in total. The Balaban J connectivity index is 1.72. The van der Waals surface area contributed by atoms with Crippen molar-refractivity contribution in [1.29, 1.82) is 0 Å². The summed E-state index contributed by atoms with van der Waals surface area (Å²) < 4.78 is 2.08. The molecule has 128 valence electrons. The lowest BCUT2D eigenvalue weighted by molar-refractivity contribution is 0.102. The number of anilines is 1. The maximum absolute atomic E-state index is 12.5. The van der Waals surface area contributed by atoms with Gasteiger partial charge in [-0.2, -0.15) is 0 Å². The van der Waals surface area contributed by atoms with E-state index in [0.717, 1.165) is 29.2 Å². The fraction of sp³-hybridized carbons (Fsp3) is 0.238. The zero-order valence-electron chi connectivity index (χ0n) is 14.9. The van der Waals surface area contributed by atoms with Crippen molar-refractivity contribution in [3.05, 3.63) is 83.4 Å². The number of nitrogens with one attached hydrogen (secondary N) is 1. The number of benzene rings is 2. The molecule has 0 aliphatic rings. The number of aromatic nitrogens is 2. The molecule has 0 aliphatic heterocycles. The Kier molecular flexibility index (Phi) is 4.98. The summed E-state index contributed by atoms with van der Waals surface area (Å²) in [6.45, 7) is 6.98. The van der Waals surface area contributed by atoms with Gasteiger partial charge in [-0.1, -0.05) is 44.2 Å². The molecule has 0 radical (unpaired) electrons. The van der Waals surface area contributed by atoms with Crippen LogP contribution in [0.1, 0.15) is 47.1 Å². The highest BCUT2D eigenvalue weighted by Crippen LogP contribution is 2.24. The van der Waals surface area contributed by atoms with Crippen molar-refractivity contribution in [2.24, 2.45) is 0 Å². The average Bonchev–Trinajstić information content (AvgIpc) is 3.00. The summed E-state index contributed by atoms with van der Waals surface area (Å²) in [5.74, 6) is 1.25. The largest absolute Gasteiger partial charge is 0.331 e. The molecule has 4 heteroatoms. The van der Waals surface area contributed by atoms with E-state index in [4.69, 9.17) is 0 Å². The van der Waals surface area contributed by atoms with E-state index >= 15 is 0 Å². The zero-order valence-corrected chi connectivity index (χ0v) is 14.9. The second-order valence-electron chi connectivity index (χ2n) is 6.50. The molecule has 0 fully saturated rings. The number of nitrogens with zero attached hydrogens (tertiary/aromatic N) is 2. The van der Waals surface area contributed by atoms with Crippen LogP contribution < -0.4 is 5.32 Å². The van der Waals surface area contributed by atoms with Gasteiger partial charge in [0.2, 0.25) is 0 Å². The zero-order chi connectivity index (χ0) is 17.8. The van der Waals surface area contributed by atoms with Gasteiger partial charge >= 0.3 is 0 Å². The Morgan fingerprint density at radius 3 is 2.48 bits per heavy atom. The lowest BCUT2D eigenvalue weighted by Gasteiger charge is -2.14. The Morgan fingerprint density at radius 2 is 1.84 bits per heavy atom. The van der Waals surface area contributed by atoms with Crippen molar-refractivity contribution in [1.82, 2.24) is 9.55 Å². The second kappa shape index (κ2) is 7.34. The third kappa shape index (κ3) is 3.97. The summed E-state index contributed by atoms with van der Waals surface area (Å²) in [5, 5.41) is 3.03. The van der Waals surface area contributed by atoms with Crippen LogP contribution >= 0.6 is 0 Å². The van der Waals surface area contributed by atoms with Crippen molar-refractivity contribution in [2.45, 2.75) is 33.2 Å². The molecule has 0 saturated carbocycles. The van der Waals surface area contributed by atoms with E-state index in [0.29, 0.717) is 11.5 Å². The minimum atomic E-state index is -0.0848. The summed E-state index contributed by atoms with van der Waals surface area (Å²) in [5.41, 5.74) is 3.81. The van der Waals surface area contributed by atoms with Gasteiger partial charge in [-0.25, -0.2) is 4.98 Å². The molecule has 0 atom stereocenters. The Bertz CT molecular complexity index is 863. The van der Waals surface area contributed by atoms with Crippen LogP contribution in [-0.2, 0) is 6.54 Å². The summed E-state index contributed by atoms with van der Waals surface area (Å²) in [6.07, 6.45) is 3.75. The maximum Gasteiger partial charge on any atom is 0.255 e. The average molecular weight is 333 g/mol. The second-order valence-corrected chi connectivity index (χ2v) is 6.50. The van der Waals surface area contributed by atoms with Gasteiger partial charge in [-0.15, -0.1) is 0 Å². The molecule has 3 aromatic rings. The Hall–Kier alpha value is -2.88. The molecule has 1 amide bonds. The van der Waals surface area contributed by atoms with E-state index in [2.05, 4.69) is 34.8 Å². The number of imidazole rings is 1. The molecule has 0 spiro atoms. The predicted molar refractivity (Wildman–Crippen MR) is 101 cm³/mol. The molecule has 0 bridgehead atoms. The topological polar surface area (TPSA) is 46.9 Å². The first-order chi connectivity index (χ1) is 12.0. The minimum absolute atomic E-state index is 0.0848. The molecule has 1 heterocycles. The van der Waals surface area contributed by atoms with E-state index in [9.17, 15) is 4.79 Å². The number of carbonyl (C=O) groups is 1. The van der Waals surface area contributed by atoms with Gasteiger partial charge in [-0.05, 0) is 42.2 Å². The van der Waals surface area contributed by atoms with E-state index < -0.39 is 0 Å². The number of carbonyl (C=O) groups excluding carboxylic acids is 1. The highest BCUT2D eigenvalue weighted by Gasteiger charge is 2.11. The molecular formula is C21H23N3O. The van der Waals surface area contributed by atoms with E-state index in [1.807, 2.05) is 55.6 Å². The van der Waals surface area contributed by atoms with Crippen LogP contribution in [-0.4, -0.2) is 15.5 Å². The molecule has 1 aromatic heterocycles. The number of hydrogen-bond acceptors (Lipinski definition) is 2. The van der Waals surface area contributed by atoms with Gasteiger partial charge in [0.15, 0.2) is 0 Å². The van der Waals surface area contributed by atoms with Crippen LogP contribution in [0.15, 0.2) is 60.9 Å². The smallest absolute Gasteiger partial charge is 0.255 e. The quantitative estimate of drug-likeness (QED) is 0.741. The standard InChI is InChI=1S/C21H23N3O/c1-15(2)19-6-4-5-7-20(19)23-21(25)18-10-8-17(9-11-18)14-24-13-12-22-16(24)3/h4-13,15H,14H2,1-3H3,(H,23,25). The monoisotopic (exact) mass is 333 g/mol. The van der Waals surface area contributed by atoms with Crippen LogP contribution in [0.5, 0.6) is 0 Å². The molecule has 3 rings (SSSR count). The first-order valence-corrected chi connectivity index (χ1v) is 8.51. The van der Waals surface area contributed by atoms with Gasteiger partial charge in [0.1, 0.15) is 5.82 Å². The number of para-hydroxylation sites is 1. The van der Waals surface area contributed by atoms with E-state index in [1.165, 1.54) is 0 Å².